The second kappa shape index (κ2) is 4.50. The quantitative estimate of drug-likeness (QED) is 0.623. The number of ether oxygens (including phenoxy) is 1. The summed E-state index contributed by atoms with van der Waals surface area (Å²) in [7, 11) is 1.36. The molecule has 0 aliphatic rings. The zero-order chi connectivity index (χ0) is 8.81. The second-order valence-corrected chi connectivity index (χ2v) is 2.24. The molecule has 0 unspecified atom stereocenters. The number of rotatable bonds is 4. The number of hydrogen-bond acceptors (Lipinski definition) is 4. The Balaban J connectivity index is 2.15. The number of methoxy groups -OCH3 is 1. The monoisotopic (exact) mass is 169 g/mol. The number of carbonyl (C=O) groups is 1. The molecule has 66 valence electrons. The minimum Gasteiger partial charge on any atom is -0.468 e. The van der Waals surface area contributed by atoms with E-state index in [9.17, 15) is 4.79 Å². The Bertz CT molecular complexity index is 233. The first-order valence-electron chi connectivity index (χ1n) is 3.56. The lowest BCUT2D eigenvalue weighted by Gasteiger charge is -2.02. The second-order valence-electron chi connectivity index (χ2n) is 2.24. The predicted molar refractivity (Wildman–Crippen MR) is 42.2 cm³/mol. The minimum atomic E-state index is -0.268. The SMILES string of the molecule is COC(=O)CNCn1ccnc1. The van der Waals surface area contributed by atoms with Crippen LogP contribution in [0, 0.1) is 0 Å². The lowest BCUT2D eigenvalue weighted by atomic mass is 10.6. The zero-order valence-corrected chi connectivity index (χ0v) is 6.86. The van der Waals surface area contributed by atoms with Gasteiger partial charge in [-0.15, -0.1) is 0 Å². The number of imidazole rings is 1. The Kier molecular flexibility index (Phi) is 3.28. The van der Waals surface area contributed by atoms with Crippen LogP contribution in [0.15, 0.2) is 18.7 Å². The van der Waals surface area contributed by atoms with Gasteiger partial charge in [-0.2, -0.15) is 0 Å². The number of esters is 1. The van der Waals surface area contributed by atoms with Gasteiger partial charge in [0, 0.05) is 12.4 Å². The molecule has 0 saturated carbocycles. The van der Waals surface area contributed by atoms with Crippen LogP contribution in [-0.2, 0) is 16.2 Å². The number of carbonyl (C=O) groups excluding carboxylic acids is 1. The Morgan fingerprint density at radius 2 is 2.58 bits per heavy atom. The van der Waals surface area contributed by atoms with Gasteiger partial charge in [0.2, 0.25) is 0 Å². The molecule has 5 nitrogen and oxygen atoms in total. The molecule has 1 N–H and O–H groups in total. The Morgan fingerprint density at radius 1 is 1.75 bits per heavy atom. The summed E-state index contributed by atoms with van der Waals surface area (Å²) in [5, 5.41) is 2.89. The van der Waals surface area contributed by atoms with Crippen molar-refractivity contribution in [2.75, 3.05) is 13.7 Å². The summed E-state index contributed by atoms with van der Waals surface area (Å²) >= 11 is 0. The fourth-order valence-electron chi connectivity index (χ4n) is 0.739. The van der Waals surface area contributed by atoms with Crippen LogP contribution in [0.5, 0.6) is 0 Å². The standard InChI is InChI=1S/C7H11N3O2/c1-12-7(11)4-9-6-10-3-2-8-5-10/h2-3,5,9H,4,6H2,1H3. The summed E-state index contributed by atoms with van der Waals surface area (Å²) in [6, 6.07) is 0. The van der Waals surface area contributed by atoms with Gasteiger partial charge >= 0.3 is 5.97 Å². The van der Waals surface area contributed by atoms with Crippen molar-refractivity contribution in [2.45, 2.75) is 6.67 Å². The third kappa shape index (κ3) is 2.71. The molecule has 5 heteroatoms. The maximum Gasteiger partial charge on any atom is 0.319 e. The zero-order valence-electron chi connectivity index (χ0n) is 6.86. The Morgan fingerprint density at radius 3 is 3.17 bits per heavy atom. The van der Waals surface area contributed by atoms with E-state index in [1.165, 1.54) is 7.11 Å². The maximum atomic E-state index is 10.6. The van der Waals surface area contributed by atoms with Gasteiger partial charge in [0.05, 0.1) is 26.7 Å². The summed E-state index contributed by atoms with van der Waals surface area (Å²) in [4.78, 5) is 14.5. The van der Waals surface area contributed by atoms with E-state index in [4.69, 9.17) is 0 Å². The van der Waals surface area contributed by atoms with Crippen LogP contribution in [0.1, 0.15) is 0 Å². The molecule has 1 heterocycles. The highest BCUT2D eigenvalue weighted by molar-refractivity contribution is 5.71. The summed E-state index contributed by atoms with van der Waals surface area (Å²) in [6.45, 7) is 0.782. The van der Waals surface area contributed by atoms with Crippen molar-refractivity contribution in [1.29, 1.82) is 0 Å². The number of hydrogen-bond donors (Lipinski definition) is 1. The van der Waals surface area contributed by atoms with Gasteiger partial charge in [-0.25, -0.2) is 4.98 Å². The molecule has 0 saturated heterocycles. The summed E-state index contributed by atoms with van der Waals surface area (Å²) in [6.07, 6.45) is 5.16. The molecule has 1 aromatic heterocycles. The van der Waals surface area contributed by atoms with Crippen LogP contribution in [-0.4, -0.2) is 29.2 Å². The van der Waals surface area contributed by atoms with Crippen molar-refractivity contribution in [2.24, 2.45) is 0 Å². The molecule has 0 fully saturated rings. The van der Waals surface area contributed by atoms with E-state index in [2.05, 4.69) is 15.0 Å². The first-order chi connectivity index (χ1) is 5.83. The third-order valence-corrected chi connectivity index (χ3v) is 1.35. The number of nitrogens with one attached hydrogen (secondary N) is 1. The molecule has 0 radical (unpaired) electrons. The average Bonchev–Trinajstić information content (AvgIpc) is 2.57. The van der Waals surface area contributed by atoms with E-state index < -0.39 is 0 Å². The molecule has 12 heavy (non-hydrogen) atoms. The van der Waals surface area contributed by atoms with Crippen molar-refractivity contribution in [3.05, 3.63) is 18.7 Å². The molecule has 0 amide bonds. The fraction of sp³-hybridized carbons (Fsp3) is 0.429. The van der Waals surface area contributed by atoms with E-state index in [0.29, 0.717) is 6.67 Å². The van der Waals surface area contributed by atoms with Crippen LogP contribution in [0.4, 0.5) is 0 Å². The van der Waals surface area contributed by atoms with Gasteiger partial charge in [0.25, 0.3) is 0 Å². The van der Waals surface area contributed by atoms with E-state index in [1.54, 1.807) is 12.5 Å². The maximum absolute atomic E-state index is 10.6. The summed E-state index contributed by atoms with van der Waals surface area (Å²) < 4.78 is 6.27. The molecule has 0 atom stereocenters. The Labute approximate surface area is 70.4 Å². The summed E-state index contributed by atoms with van der Waals surface area (Å²) in [5.41, 5.74) is 0. The Hall–Kier alpha value is -1.36. The van der Waals surface area contributed by atoms with Gasteiger partial charge in [0.1, 0.15) is 0 Å². The largest absolute Gasteiger partial charge is 0.468 e. The highest BCUT2D eigenvalue weighted by atomic mass is 16.5. The van der Waals surface area contributed by atoms with Crippen molar-refractivity contribution < 1.29 is 9.53 Å². The molecule has 1 aromatic rings. The van der Waals surface area contributed by atoms with Crippen LogP contribution >= 0.6 is 0 Å². The predicted octanol–water partition coefficient (Wildman–Crippen LogP) is -0.397. The third-order valence-electron chi connectivity index (χ3n) is 1.35. The normalized spacial score (nSPS) is 9.75. The topological polar surface area (TPSA) is 56.1 Å². The summed E-state index contributed by atoms with van der Waals surface area (Å²) in [5.74, 6) is -0.268. The lowest BCUT2D eigenvalue weighted by Crippen LogP contribution is -2.25. The van der Waals surface area contributed by atoms with E-state index in [1.807, 2.05) is 10.8 Å². The molecule has 1 rings (SSSR count). The van der Waals surface area contributed by atoms with Gasteiger partial charge in [-0.05, 0) is 0 Å². The molecular weight excluding hydrogens is 158 g/mol. The van der Waals surface area contributed by atoms with E-state index in [0.717, 1.165) is 0 Å². The lowest BCUT2D eigenvalue weighted by molar-refractivity contribution is -0.139. The van der Waals surface area contributed by atoms with Gasteiger partial charge < -0.3 is 9.30 Å². The van der Waals surface area contributed by atoms with Gasteiger partial charge in [0.15, 0.2) is 0 Å². The van der Waals surface area contributed by atoms with E-state index in [-0.39, 0.29) is 12.5 Å². The van der Waals surface area contributed by atoms with Crippen LogP contribution in [0.2, 0.25) is 0 Å². The van der Waals surface area contributed by atoms with Crippen molar-refractivity contribution in [1.82, 2.24) is 14.9 Å². The highest BCUT2D eigenvalue weighted by Gasteiger charge is 1.97. The van der Waals surface area contributed by atoms with Crippen molar-refractivity contribution in [3.8, 4) is 0 Å². The number of nitrogens with zero attached hydrogens (tertiary/aromatic N) is 2. The fourth-order valence-corrected chi connectivity index (χ4v) is 0.739. The molecule has 0 aromatic carbocycles. The van der Waals surface area contributed by atoms with Crippen LogP contribution in [0.25, 0.3) is 0 Å². The molecule has 0 aliphatic carbocycles. The average molecular weight is 169 g/mol. The molecule has 0 bridgehead atoms. The molecule has 0 spiro atoms. The number of aromatic nitrogens is 2. The van der Waals surface area contributed by atoms with Gasteiger partial charge in [-0.1, -0.05) is 0 Å². The molecule has 0 aliphatic heterocycles. The first kappa shape index (κ1) is 8.73. The minimum absolute atomic E-state index is 0.217. The first-order valence-corrected chi connectivity index (χ1v) is 3.56. The smallest absolute Gasteiger partial charge is 0.319 e. The highest BCUT2D eigenvalue weighted by Crippen LogP contribution is 1.81. The van der Waals surface area contributed by atoms with Crippen molar-refractivity contribution >= 4 is 5.97 Å². The van der Waals surface area contributed by atoms with Gasteiger partial charge in [-0.3, -0.25) is 10.1 Å². The van der Waals surface area contributed by atoms with Crippen LogP contribution in [0.3, 0.4) is 0 Å². The molecular formula is C7H11N3O2. The van der Waals surface area contributed by atoms with E-state index >= 15 is 0 Å². The van der Waals surface area contributed by atoms with Crippen LogP contribution < -0.4 is 5.32 Å². The van der Waals surface area contributed by atoms with Crippen molar-refractivity contribution in [3.63, 3.8) is 0 Å².